The van der Waals surface area contributed by atoms with Gasteiger partial charge in [-0.05, 0) is 25.1 Å². The number of anilines is 1. The second-order valence-corrected chi connectivity index (χ2v) is 6.33. The average molecular weight is 344 g/mol. The second kappa shape index (κ2) is 5.14. The molecule has 8 heteroatoms. The standard InChI is InChI=1S/C11H10BrN3O3S/c1-7(16)9-4-8(12)2-3-10(9)15-19(17,18)11-5-13-6-14-11/h2-6,15H,1H3,(H,13,14). The van der Waals surface area contributed by atoms with Crippen molar-refractivity contribution in [2.24, 2.45) is 0 Å². The molecule has 1 aromatic heterocycles. The van der Waals surface area contributed by atoms with Gasteiger partial charge in [0.25, 0.3) is 10.0 Å². The molecule has 0 spiro atoms. The molecule has 1 aromatic carbocycles. The maximum Gasteiger partial charge on any atom is 0.278 e. The van der Waals surface area contributed by atoms with E-state index in [2.05, 4.69) is 30.6 Å². The molecule has 2 N–H and O–H groups in total. The molecular weight excluding hydrogens is 334 g/mol. The number of nitrogens with zero attached hydrogens (tertiary/aromatic N) is 1. The Hall–Kier alpha value is -1.67. The molecule has 6 nitrogen and oxygen atoms in total. The molecule has 1 heterocycles. The molecule has 0 aliphatic rings. The van der Waals surface area contributed by atoms with Gasteiger partial charge in [-0.1, -0.05) is 15.9 Å². The fourth-order valence-corrected chi connectivity index (χ4v) is 2.83. The monoisotopic (exact) mass is 343 g/mol. The van der Waals surface area contributed by atoms with Crippen LogP contribution >= 0.6 is 15.9 Å². The number of carbonyl (C=O) groups excluding carboxylic acids is 1. The van der Waals surface area contributed by atoms with Gasteiger partial charge >= 0.3 is 0 Å². The molecule has 19 heavy (non-hydrogen) atoms. The number of nitrogens with one attached hydrogen (secondary N) is 2. The third kappa shape index (κ3) is 3.02. The molecule has 0 saturated carbocycles. The lowest BCUT2D eigenvalue weighted by Gasteiger charge is -2.10. The fraction of sp³-hybridized carbons (Fsp3) is 0.0909. The lowest BCUT2D eigenvalue weighted by Crippen LogP contribution is -2.15. The van der Waals surface area contributed by atoms with Gasteiger partial charge in [-0.3, -0.25) is 9.52 Å². The molecule has 0 amide bonds. The minimum atomic E-state index is -3.77. The van der Waals surface area contributed by atoms with Gasteiger partial charge in [0.15, 0.2) is 10.8 Å². The number of aromatic nitrogens is 2. The van der Waals surface area contributed by atoms with Crippen molar-refractivity contribution in [3.63, 3.8) is 0 Å². The number of sulfonamides is 1. The summed E-state index contributed by atoms with van der Waals surface area (Å²) in [5.41, 5.74) is 0.516. The summed E-state index contributed by atoms with van der Waals surface area (Å²) in [4.78, 5) is 17.7. The molecule has 100 valence electrons. The van der Waals surface area contributed by atoms with E-state index in [1.54, 1.807) is 12.1 Å². The number of hydrogen-bond donors (Lipinski definition) is 2. The number of Topliss-reactive ketones (excluding diaryl/α,β-unsaturated/α-hetero) is 1. The van der Waals surface area contributed by atoms with Crippen LogP contribution < -0.4 is 4.72 Å². The SMILES string of the molecule is CC(=O)c1cc(Br)ccc1NS(=O)(=O)c1cnc[nH]1. The van der Waals surface area contributed by atoms with Crippen molar-refractivity contribution < 1.29 is 13.2 Å². The van der Waals surface area contributed by atoms with Crippen molar-refractivity contribution >= 4 is 37.4 Å². The van der Waals surface area contributed by atoms with Gasteiger partial charge in [-0.2, -0.15) is 8.42 Å². The Labute approximate surface area is 118 Å². The molecule has 0 fully saturated rings. The third-order valence-electron chi connectivity index (χ3n) is 2.37. The lowest BCUT2D eigenvalue weighted by molar-refractivity contribution is 0.101. The summed E-state index contributed by atoms with van der Waals surface area (Å²) >= 11 is 3.24. The summed E-state index contributed by atoms with van der Waals surface area (Å²) in [5, 5.41) is -0.0649. The van der Waals surface area contributed by atoms with E-state index < -0.39 is 10.0 Å². The zero-order chi connectivity index (χ0) is 14.0. The minimum Gasteiger partial charge on any atom is -0.334 e. The second-order valence-electron chi connectivity index (χ2n) is 3.77. The Morgan fingerprint density at radius 1 is 1.42 bits per heavy atom. The van der Waals surface area contributed by atoms with E-state index in [4.69, 9.17) is 0 Å². The Kier molecular flexibility index (Phi) is 3.72. The normalized spacial score (nSPS) is 11.3. The first-order valence-electron chi connectivity index (χ1n) is 5.22. The van der Waals surface area contributed by atoms with Crippen molar-refractivity contribution in [2.45, 2.75) is 11.9 Å². The van der Waals surface area contributed by atoms with Crippen LogP contribution in [0.5, 0.6) is 0 Å². The molecule has 0 radical (unpaired) electrons. The summed E-state index contributed by atoms with van der Waals surface area (Å²) in [6.45, 7) is 1.37. The van der Waals surface area contributed by atoms with E-state index in [0.717, 1.165) is 0 Å². The van der Waals surface area contributed by atoms with Crippen molar-refractivity contribution in [3.05, 3.63) is 40.8 Å². The summed E-state index contributed by atoms with van der Waals surface area (Å²) in [5.74, 6) is -0.233. The Balaban J connectivity index is 2.42. The van der Waals surface area contributed by atoms with Crippen LogP contribution in [0.15, 0.2) is 40.2 Å². The summed E-state index contributed by atoms with van der Waals surface area (Å²) in [7, 11) is -3.77. The van der Waals surface area contributed by atoms with Crippen LogP contribution in [-0.4, -0.2) is 24.2 Å². The number of carbonyl (C=O) groups is 1. The Morgan fingerprint density at radius 2 is 2.16 bits per heavy atom. The first kappa shape index (κ1) is 13.8. The highest BCUT2D eigenvalue weighted by Crippen LogP contribution is 2.23. The van der Waals surface area contributed by atoms with Crippen molar-refractivity contribution in [3.8, 4) is 0 Å². The van der Waals surface area contributed by atoms with Gasteiger partial charge in [0, 0.05) is 10.0 Å². The van der Waals surface area contributed by atoms with Gasteiger partial charge in [0.05, 0.1) is 18.2 Å². The predicted octanol–water partition coefficient (Wildman–Crippen LogP) is 2.18. The summed E-state index contributed by atoms with van der Waals surface area (Å²) < 4.78 is 27.1. The number of benzene rings is 1. The average Bonchev–Trinajstić information content (AvgIpc) is 2.85. The fourth-order valence-electron chi connectivity index (χ4n) is 1.49. The first-order chi connectivity index (χ1) is 8.90. The molecule has 0 unspecified atom stereocenters. The van der Waals surface area contributed by atoms with Gasteiger partial charge in [0.1, 0.15) is 0 Å². The Bertz CT molecular complexity index is 711. The highest BCUT2D eigenvalue weighted by atomic mass is 79.9. The molecule has 0 bridgehead atoms. The number of rotatable bonds is 4. The largest absolute Gasteiger partial charge is 0.334 e. The van der Waals surface area contributed by atoms with Crippen LogP contribution in [0.25, 0.3) is 0 Å². The van der Waals surface area contributed by atoms with E-state index >= 15 is 0 Å². The van der Waals surface area contributed by atoms with E-state index in [-0.39, 0.29) is 22.1 Å². The smallest absolute Gasteiger partial charge is 0.278 e. The van der Waals surface area contributed by atoms with Gasteiger partial charge in [-0.25, -0.2) is 4.98 Å². The molecular formula is C11H10BrN3O3S. The number of imidazole rings is 1. The topological polar surface area (TPSA) is 91.9 Å². The van der Waals surface area contributed by atoms with Crippen molar-refractivity contribution in [1.29, 1.82) is 0 Å². The van der Waals surface area contributed by atoms with Crippen LogP contribution in [0.1, 0.15) is 17.3 Å². The van der Waals surface area contributed by atoms with E-state index in [9.17, 15) is 13.2 Å². The summed E-state index contributed by atoms with van der Waals surface area (Å²) in [6, 6.07) is 4.74. The van der Waals surface area contributed by atoms with E-state index in [0.29, 0.717) is 4.47 Å². The van der Waals surface area contributed by atoms with Crippen LogP contribution in [0.3, 0.4) is 0 Å². The van der Waals surface area contributed by atoms with Gasteiger partial charge < -0.3 is 4.98 Å². The summed E-state index contributed by atoms with van der Waals surface area (Å²) in [6.07, 6.45) is 2.46. The molecule has 2 aromatic rings. The van der Waals surface area contributed by atoms with Crippen LogP contribution in [0, 0.1) is 0 Å². The maximum absolute atomic E-state index is 12.0. The quantitative estimate of drug-likeness (QED) is 0.832. The molecule has 0 atom stereocenters. The van der Waals surface area contributed by atoms with Crippen LogP contribution in [0.4, 0.5) is 5.69 Å². The molecule has 2 rings (SSSR count). The number of aromatic amines is 1. The van der Waals surface area contributed by atoms with E-state index in [1.165, 1.54) is 25.5 Å². The maximum atomic E-state index is 12.0. The Morgan fingerprint density at radius 3 is 2.74 bits per heavy atom. The van der Waals surface area contributed by atoms with Crippen LogP contribution in [-0.2, 0) is 10.0 Å². The van der Waals surface area contributed by atoms with Crippen LogP contribution in [0.2, 0.25) is 0 Å². The number of ketones is 1. The van der Waals surface area contributed by atoms with Gasteiger partial charge in [0.2, 0.25) is 0 Å². The highest BCUT2D eigenvalue weighted by molar-refractivity contribution is 9.10. The predicted molar refractivity (Wildman–Crippen MR) is 73.5 cm³/mol. The number of H-pyrrole nitrogens is 1. The molecule has 0 aliphatic heterocycles. The third-order valence-corrected chi connectivity index (χ3v) is 4.15. The lowest BCUT2D eigenvalue weighted by atomic mass is 10.1. The number of hydrogen-bond acceptors (Lipinski definition) is 4. The van der Waals surface area contributed by atoms with Crippen molar-refractivity contribution in [1.82, 2.24) is 9.97 Å². The molecule has 0 saturated heterocycles. The zero-order valence-electron chi connectivity index (χ0n) is 9.84. The van der Waals surface area contributed by atoms with E-state index in [1.807, 2.05) is 0 Å². The van der Waals surface area contributed by atoms with Crippen molar-refractivity contribution in [2.75, 3.05) is 4.72 Å². The first-order valence-corrected chi connectivity index (χ1v) is 7.49. The molecule has 0 aliphatic carbocycles. The van der Waals surface area contributed by atoms with Gasteiger partial charge in [-0.15, -0.1) is 0 Å². The minimum absolute atomic E-state index is 0.0649. The zero-order valence-corrected chi connectivity index (χ0v) is 12.2. The highest BCUT2D eigenvalue weighted by Gasteiger charge is 2.18. The number of halogens is 1.